The molecule has 0 radical (unpaired) electrons. The van der Waals surface area contributed by atoms with E-state index in [-0.39, 0.29) is 0 Å². The lowest BCUT2D eigenvalue weighted by atomic mass is 9.93. The molecule has 0 amide bonds. The molecule has 0 saturated heterocycles. The van der Waals surface area contributed by atoms with Crippen molar-refractivity contribution in [2.75, 3.05) is 11.5 Å². The van der Waals surface area contributed by atoms with Crippen molar-refractivity contribution in [3.05, 3.63) is 58.7 Å². The molecule has 0 heterocycles. The Balaban J connectivity index is 2.73. The summed E-state index contributed by atoms with van der Waals surface area (Å²) in [7, 11) is 0. The van der Waals surface area contributed by atoms with Gasteiger partial charge in [0.25, 0.3) is 0 Å². The average molecular weight is 348 g/mol. The minimum absolute atomic E-state index is 0.759. The fourth-order valence-corrected chi connectivity index (χ4v) is 2.30. The fraction of sp³-hybridized carbons (Fsp3) is 0.133. The second-order valence-electron chi connectivity index (χ2n) is 4.86. The van der Waals surface area contributed by atoms with Crippen LogP contribution in [0.15, 0.2) is 36.4 Å². The Hall–Kier alpha value is -2.71. The molecule has 0 saturated carbocycles. The first-order chi connectivity index (χ1) is 10.9. The van der Waals surface area contributed by atoms with Gasteiger partial charge < -0.3 is 11.5 Å². The molecule has 128 valence electrons. The molecular formula is C15H10F6N2O. The van der Waals surface area contributed by atoms with E-state index in [0.29, 0.717) is 0 Å². The molecule has 0 aliphatic heterocycles. The number of hydrogen-bond donors (Lipinski definition) is 2. The third-order valence-electron chi connectivity index (χ3n) is 3.25. The fourth-order valence-electron chi connectivity index (χ4n) is 2.30. The van der Waals surface area contributed by atoms with E-state index in [0.717, 1.165) is 36.4 Å². The SMILES string of the molecule is Nc1cccc(C(=O)c2cccc(N)c2C(F)(F)F)c1C(F)(F)F. The Morgan fingerprint density at radius 3 is 1.33 bits per heavy atom. The summed E-state index contributed by atoms with van der Waals surface area (Å²) in [5.74, 6) is -1.46. The van der Waals surface area contributed by atoms with Crippen LogP contribution in [0.25, 0.3) is 0 Å². The maximum Gasteiger partial charge on any atom is 0.419 e. The van der Waals surface area contributed by atoms with Crippen molar-refractivity contribution in [1.82, 2.24) is 0 Å². The Bertz CT molecular complexity index is 730. The first kappa shape index (κ1) is 17.6. The van der Waals surface area contributed by atoms with Gasteiger partial charge in [-0.1, -0.05) is 24.3 Å². The molecule has 24 heavy (non-hydrogen) atoms. The monoisotopic (exact) mass is 348 g/mol. The normalized spacial score (nSPS) is 12.2. The van der Waals surface area contributed by atoms with E-state index in [1.165, 1.54) is 0 Å². The number of anilines is 2. The molecule has 0 aliphatic carbocycles. The molecule has 0 aromatic heterocycles. The third-order valence-corrected chi connectivity index (χ3v) is 3.25. The second kappa shape index (κ2) is 5.73. The van der Waals surface area contributed by atoms with Crippen LogP contribution in [0.1, 0.15) is 27.0 Å². The van der Waals surface area contributed by atoms with E-state index in [1.807, 2.05) is 0 Å². The van der Waals surface area contributed by atoms with Crippen molar-refractivity contribution in [2.24, 2.45) is 0 Å². The highest BCUT2D eigenvalue weighted by atomic mass is 19.4. The van der Waals surface area contributed by atoms with E-state index in [9.17, 15) is 31.1 Å². The second-order valence-corrected chi connectivity index (χ2v) is 4.86. The Labute approximate surface area is 131 Å². The minimum atomic E-state index is -5.00. The number of halogens is 6. The quantitative estimate of drug-likeness (QED) is 0.487. The Kier molecular flexibility index (Phi) is 4.21. The highest BCUT2D eigenvalue weighted by molar-refractivity contribution is 6.12. The van der Waals surface area contributed by atoms with Gasteiger partial charge in [-0.25, -0.2) is 0 Å². The van der Waals surface area contributed by atoms with Gasteiger partial charge in [0.1, 0.15) is 0 Å². The van der Waals surface area contributed by atoms with E-state index in [1.54, 1.807) is 0 Å². The van der Waals surface area contributed by atoms with Crippen molar-refractivity contribution < 1.29 is 31.1 Å². The predicted octanol–water partition coefficient (Wildman–Crippen LogP) is 4.12. The molecule has 9 heteroatoms. The lowest BCUT2D eigenvalue weighted by Gasteiger charge is -2.17. The van der Waals surface area contributed by atoms with Gasteiger partial charge in [-0.05, 0) is 12.1 Å². The summed E-state index contributed by atoms with van der Waals surface area (Å²) in [6, 6.07) is 5.46. The minimum Gasteiger partial charge on any atom is -0.398 e. The standard InChI is InChI=1S/C15H10F6N2O/c16-14(17,18)11-7(3-1-5-9(11)22)13(24)8-4-2-6-10(23)12(8)15(19,20)21/h1-6H,22-23H2. The maximum absolute atomic E-state index is 13.1. The number of benzene rings is 2. The molecule has 0 unspecified atom stereocenters. The molecule has 2 aromatic carbocycles. The number of rotatable bonds is 2. The summed E-state index contributed by atoms with van der Waals surface area (Å²) >= 11 is 0. The largest absolute Gasteiger partial charge is 0.419 e. The number of carbonyl (C=O) groups excluding carboxylic acids is 1. The molecule has 0 bridgehead atoms. The molecule has 2 rings (SSSR count). The molecule has 0 fully saturated rings. The average Bonchev–Trinajstić information content (AvgIpc) is 2.43. The zero-order valence-electron chi connectivity index (χ0n) is 11.8. The van der Waals surface area contributed by atoms with Crippen LogP contribution in [0.4, 0.5) is 37.7 Å². The number of ketones is 1. The van der Waals surface area contributed by atoms with Gasteiger partial charge in [-0.3, -0.25) is 4.79 Å². The van der Waals surface area contributed by atoms with Gasteiger partial charge in [-0.15, -0.1) is 0 Å². The van der Waals surface area contributed by atoms with Gasteiger partial charge in [0.05, 0.1) is 11.1 Å². The zero-order chi connectivity index (χ0) is 18.3. The van der Waals surface area contributed by atoms with Crippen molar-refractivity contribution in [3.8, 4) is 0 Å². The summed E-state index contributed by atoms with van der Waals surface area (Å²) in [6.45, 7) is 0. The van der Waals surface area contributed by atoms with Crippen molar-refractivity contribution in [2.45, 2.75) is 12.4 Å². The summed E-state index contributed by atoms with van der Waals surface area (Å²) in [5.41, 5.74) is 4.09. The van der Waals surface area contributed by atoms with Crippen LogP contribution in [0.2, 0.25) is 0 Å². The lowest BCUT2D eigenvalue weighted by Crippen LogP contribution is -2.20. The summed E-state index contributed by atoms with van der Waals surface area (Å²) in [6.07, 6.45) is -10.0. The number of nitrogens with two attached hydrogens (primary N) is 2. The first-order valence-electron chi connectivity index (χ1n) is 6.40. The van der Waals surface area contributed by atoms with Gasteiger partial charge >= 0.3 is 12.4 Å². The van der Waals surface area contributed by atoms with Crippen LogP contribution in [0, 0.1) is 0 Å². The molecule has 0 aliphatic rings. The molecule has 4 N–H and O–H groups in total. The van der Waals surface area contributed by atoms with E-state index < -0.39 is 51.8 Å². The smallest absolute Gasteiger partial charge is 0.398 e. The third kappa shape index (κ3) is 3.15. The maximum atomic E-state index is 13.1. The van der Waals surface area contributed by atoms with Crippen LogP contribution in [-0.2, 0) is 12.4 Å². The highest BCUT2D eigenvalue weighted by Crippen LogP contribution is 2.40. The number of carbonyl (C=O) groups is 1. The summed E-state index contributed by atoms with van der Waals surface area (Å²) < 4.78 is 78.7. The van der Waals surface area contributed by atoms with Crippen molar-refractivity contribution in [1.29, 1.82) is 0 Å². The zero-order valence-corrected chi connectivity index (χ0v) is 11.8. The van der Waals surface area contributed by atoms with Crippen LogP contribution >= 0.6 is 0 Å². The van der Waals surface area contributed by atoms with Crippen molar-refractivity contribution in [3.63, 3.8) is 0 Å². The first-order valence-corrected chi connectivity index (χ1v) is 6.40. The lowest BCUT2D eigenvalue weighted by molar-refractivity contribution is -0.137. The number of alkyl halides is 6. The summed E-state index contributed by atoms with van der Waals surface area (Å²) in [5, 5.41) is 0. The van der Waals surface area contributed by atoms with Crippen molar-refractivity contribution >= 4 is 17.2 Å². The van der Waals surface area contributed by atoms with E-state index >= 15 is 0 Å². The van der Waals surface area contributed by atoms with E-state index in [4.69, 9.17) is 11.5 Å². The molecule has 0 atom stereocenters. The van der Waals surface area contributed by atoms with Gasteiger partial charge in [0, 0.05) is 22.5 Å². The van der Waals surface area contributed by atoms with Crippen LogP contribution < -0.4 is 11.5 Å². The van der Waals surface area contributed by atoms with Gasteiger partial charge in [0.2, 0.25) is 0 Å². The van der Waals surface area contributed by atoms with Crippen LogP contribution in [0.5, 0.6) is 0 Å². The topological polar surface area (TPSA) is 69.1 Å². The Morgan fingerprint density at radius 1 is 0.708 bits per heavy atom. The summed E-state index contributed by atoms with van der Waals surface area (Å²) in [4.78, 5) is 12.4. The highest BCUT2D eigenvalue weighted by Gasteiger charge is 2.41. The van der Waals surface area contributed by atoms with Crippen LogP contribution in [0.3, 0.4) is 0 Å². The molecule has 3 nitrogen and oxygen atoms in total. The van der Waals surface area contributed by atoms with Crippen LogP contribution in [-0.4, -0.2) is 5.78 Å². The van der Waals surface area contributed by atoms with Gasteiger partial charge in [0.15, 0.2) is 5.78 Å². The van der Waals surface area contributed by atoms with E-state index in [2.05, 4.69) is 0 Å². The Morgan fingerprint density at radius 2 is 1.04 bits per heavy atom. The predicted molar refractivity (Wildman–Crippen MR) is 75.1 cm³/mol. The number of hydrogen-bond acceptors (Lipinski definition) is 3. The molecular weight excluding hydrogens is 338 g/mol. The molecule has 2 aromatic rings. The molecule has 0 spiro atoms. The van der Waals surface area contributed by atoms with Gasteiger partial charge in [-0.2, -0.15) is 26.3 Å². The number of nitrogen functional groups attached to an aromatic ring is 2.